The number of halogens is 3. The quantitative estimate of drug-likeness (QED) is 0.481. The van der Waals surface area contributed by atoms with Gasteiger partial charge in [-0.05, 0) is 25.0 Å². The zero-order valence-electron chi connectivity index (χ0n) is 17.9. The van der Waals surface area contributed by atoms with E-state index in [1.165, 1.54) is 18.5 Å². The maximum atomic E-state index is 13.8. The molecular weight excluding hydrogens is 440 g/mol. The van der Waals surface area contributed by atoms with Gasteiger partial charge in [0.05, 0.1) is 23.6 Å². The van der Waals surface area contributed by atoms with Gasteiger partial charge < -0.3 is 14.5 Å². The molecule has 2 heterocycles. The van der Waals surface area contributed by atoms with Crippen LogP contribution in [0.4, 0.5) is 14.6 Å². The summed E-state index contributed by atoms with van der Waals surface area (Å²) >= 11 is 6.44. The molecule has 1 aliphatic heterocycles. The van der Waals surface area contributed by atoms with Crippen molar-refractivity contribution in [3.05, 3.63) is 46.9 Å². The van der Waals surface area contributed by atoms with Crippen LogP contribution in [0, 0.1) is 11.6 Å². The number of rotatable bonds is 6. The molecule has 0 bridgehead atoms. The van der Waals surface area contributed by atoms with E-state index >= 15 is 0 Å². The molecular formula is C22H24ClF2N5O2. The van der Waals surface area contributed by atoms with E-state index in [-0.39, 0.29) is 22.9 Å². The van der Waals surface area contributed by atoms with Crippen molar-refractivity contribution in [2.75, 3.05) is 32.1 Å². The Bertz CT molecular complexity index is 1040. The van der Waals surface area contributed by atoms with Crippen molar-refractivity contribution in [3.8, 4) is 5.75 Å². The summed E-state index contributed by atoms with van der Waals surface area (Å²) in [7, 11) is 3.60. The van der Waals surface area contributed by atoms with Crippen molar-refractivity contribution in [2.24, 2.45) is 4.99 Å². The number of anilines is 1. The highest BCUT2D eigenvalue weighted by molar-refractivity contribution is 6.31. The number of piperidine rings is 1. The number of amides is 1. The average Bonchev–Trinajstić information content (AvgIpc) is 3.57. The fraction of sp³-hybridized carbons (Fsp3) is 0.455. The smallest absolute Gasteiger partial charge is 0.259 e. The van der Waals surface area contributed by atoms with Crippen LogP contribution in [0.1, 0.15) is 31.4 Å². The lowest BCUT2D eigenvalue weighted by Gasteiger charge is -2.33. The molecule has 1 amide bonds. The largest absolute Gasteiger partial charge is 0.487 e. The standard InChI is InChI=1S/C22H24ClF2N5O2/c1-29(2)13-27-21(31)22(7-8-22)18-12-26-20(19(23)28-18)30-9-5-15(6-10-30)32-17-4-3-14(24)11-16(17)25/h3-4,11-13,15H,5-10H2,1-2H3. The van der Waals surface area contributed by atoms with Crippen molar-refractivity contribution in [2.45, 2.75) is 37.2 Å². The summed E-state index contributed by atoms with van der Waals surface area (Å²) in [5.41, 5.74) is -0.195. The fourth-order valence-corrected chi connectivity index (χ4v) is 3.99. The first kappa shape index (κ1) is 22.4. The van der Waals surface area contributed by atoms with Crippen LogP contribution in [0.2, 0.25) is 5.15 Å². The SMILES string of the molecule is CN(C)C=NC(=O)C1(c2cnc(N3CCC(Oc4ccc(F)cc4F)CC3)c(Cl)n2)CC1. The molecule has 1 aromatic heterocycles. The third-order valence-corrected chi connectivity index (χ3v) is 5.95. The van der Waals surface area contributed by atoms with Gasteiger partial charge in [0.1, 0.15) is 11.9 Å². The van der Waals surface area contributed by atoms with Gasteiger partial charge in [-0.3, -0.25) is 4.79 Å². The number of benzene rings is 1. The first-order valence-electron chi connectivity index (χ1n) is 10.4. The first-order chi connectivity index (χ1) is 15.3. The average molecular weight is 464 g/mol. The van der Waals surface area contributed by atoms with E-state index in [9.17, 15) is 13.6 Å². The van der Waals surface area contributed by atoms with Gasteiger partial charge in [-0.2, -0.15) is 0 Å². The molecule has 32 heavy (non-hydrogen) atoms. The highest BCUT2D eigenvalue weighted by Crippen LogP contribution is 2.49. The van der Waals surface area contributed by atoms with Crippen LogP contribution in [0.5, 0.6) is 5.75 Å². The molecule has 0 unspecified atom stereocenters. The summed E-state index contributed by atoms with van der Waals surface area (Å²) < 4.78 is 32.6. The summed E-state index contributed by atoms with van der Waals surface area (Å²) in [6.45, 7) is 1.19. The summed E-state index contributed by atoms with van der Waals surface area (Å²) in [6, 6.07) is 3.29. The zero-order chi connectivity index (χ0) is 22.9. The van der Waals surface area contributed by atoms with Crippen LogP contribution in [0.25, 0.3) is 0 Å². The van der Waals surface area contributed by atoms with E-state index in [0.717, 1.165) is 6.07 Å². The third-order valence-electron chi connectivity index (χ3n) is 5.70. The van der Waals surface area contributed by atoms with E-state index in [1.807, 2.05) is 4.90 Å². The topological polar surface area (TPSA) is 70.9 Å². The minimum Gasteiger partial charge on any atom is -0.487 e. The van der Waals surface area contributed by atoms with E-state index in [4.69, 9.17) is 16.3 Å². The normalized spacial score (nSPS) is 18.1. The molecule has 1 aliphatic carbocycles. The lowest BCUT2D eigenvalue weighted by Crippen LogP contribution is -2.39. The molecule has 170 valence electrons. The summed E-state index contributed by atoms with van der Waals surface area (Å²) in [6.07, 6.45) is 5.48. The molecule has 0 atom stereocenters. The Hall–Kier alpha value is -2.81. The molecule has 4 rings (SSSR count). The fourth-order valence-electron chi connectivity index (χ4n) is 3.73. The van der Waals surface area contributed by atoms with Crippen LogP contribution in [0.15, 0.2) is 29.4 Å². The second-order valence-corrected chi connectivity index (χ2v) is 8.70. The first-order valence-corrected chi connectivity index (χ1v) is 10.8. The Kier molecular flexibility index (Phi) is 6.28. The minimum absolute atomic E-state index is 0.0448. The Morgan fingerprint density at radius 3 is 2.62 bits per heavy atom. The van der Waals surface area contributed by atoms with Crippen LogP contribution in [-0.4, -0.2) is 60.4 Å². The van der Waals surface area contributed by atoms with Gasteiger partial charge in [-0.25, -0.2) is 23.7 Å². The van der Waals surface area contributed by atoms with Crippen molar-refractivity contribution in [1.29, 1.82) is 0 Å². The van der Waals surface area contributed by atoms with E-state index in [0.29, 0.717) is 50.3 Å². The summed E-state index contributed by atoms with van der Waals surface area (Å²) in [4.78, 5) is 29.2. The monoisotopic (exact) mass is 463 g/mol. The molecule has 2 aliphatic rings. The molecule has 0 radical (unpaired) electrons. The van der Waals surface area contributed by atoms with Crippen molar-refractivity contribution in [3.63, 3.8) is 0 Å². The second-order valence-electron chi connectivity index (χ2n) is 8.34. The maximum absolute atomic E-state index is 13.8. The molecule has 2 fully saturated rings. The maximum Gasteiger partial charge on any atom is 0.259 e. The van der Waals surface area contributed by atoms with Gasteiger partial charge >= 0.3 is 0 Å². The number of nitrogens with zero attached hydrogens (tertiary/aromatic N) is 5. The van der Waals surface area contributed by atoms with Gasteiger partial charge in [0.15, 0.2) is 22.5 Å². The zero-order valence-corrected chi connectivity index (χ0v) is 18.6. The minimum atomic E-state index is -0.734. The molecule has 2 aromatic rings. The molecule has 7 nitrogen and oxygen atoms in total. The van der Waals surface area contributed by atoms with Crippen molar-refractivity contribution < 1.29 is 18.3 Å². The van der Waals surface area contributed by atoms with Crippen LogP contribution in [0.3, 0.4) is 0 Å². The number of carbonyl (C=O) groups excluding carboxylic acids is 1. The highest BCUT2D eigenvalue weighted by atomic mass is 35.5. The van der Waals surface area contributed by atoms with Gasteiger partial charge in [-0.1, -0.05) is 11.6 Å². The predicted octanol–water partition coefficient (Wildman–Crippen LogP) is 3.60. The lowest BCUT2D eigenvalue weighted by molar-refractivity contribution is -0.120. The Labute approximate surface area is 190 Å². The predicted molar refractivity (Wildman–Crippen MR) is 117 cm³/mol. The van der Waals surface area contributed by atoms with Crippen molar-refractivity contribution >= 4 is 29.7 Å². The van der Waals surface area contributed by atoms with E-state index in [2.05, 4.69) is 15.0 Å². The van der Waals surface area contributed by atoms with Gasteiger partial charge in [0.25, 0.3) is 5.91 Å². The van der Waals surface area contributed by atoms with E-state index < -0.39 is 17.0 Å². The molecule has 10 heteroatoms. The van der Waals surface area contributed by atoms with Crippen LogP contribution >= 0.6 is 11.6 Å². The summed E-state index contributed by atoms with van der Waals surface area (Å²) in [5, 5.41) is 0.238. The molecule has 1 saturated heterocycles. The van der Waals surface area contributed by atoms with Gasteiger partial charge in [0.2, 0.25) is 0 Å². The number of ether oxygens (including phenoxy) is 1. The van der Waals surface area contributed by atoms with E-state index in [1.54, 1.807) is 25.2 Å². The third kappa shape index (κ3) is 4.67. The molecule has 1 saturated carbocycles. The highest BCUT2D eigenvalue weighted by Gasteiger charge is 2.53. The van der Waals surface area contributed by atoms with Crippen LogP contribution < -0.4 is 9.64 Å². The number of hydrogen-bond acceptors (Lipinski definition) is 5. The van der Waals surface area contributed by atoms with Gasteiger partial charge in [0, 0.05) is 46.1 Å². The number of hydrogen-bond donors (Lipinski definition) is 0. The van der Waals surface area contributed by atoms with Gasteiger partial charge in [-0.15, -0.1) is 0 Å². The summed E-state index contributed by atoms with van der Waals surface area (Å²) in [5.74, 6) is -1.00. The molecule has 1 aromatic carbocycles. The molecule has 0 N–H and O–H groups in total. The number of carbonyl (C=O) groups is 1. The Morgan fingerprint density at radius 1 is 1.31 bits per heavy atom. The second kappa shape index (κ2) is 8.97. The molecule has 0 spiro atoms. The Balaban J connectivity index is 1.40. The number of aliphatic imine (C=N–C) groups is 1. The van der Waals surface area contributed by atoms with Crippen LogP contribution in [-0.2, 0) is 10.2 Å². The number of aromatic nitrogens is 2. The Morgan fingerprint density at radius 2 is 2.03 bits per heavy atom. The lowest BCUT2D eigenvalue weighted by atomic mass is 10.0. The van der Waals surface area contributed by atoms with Crippen molar-refractivity contribution in [1.82, 2.24) is 14.9 Å².